The van der Waals surface area contributed by atoms with Crippen molar-refractivity contribution in [3.05, 3.63) is 87.7 Å². The summed E-state index contributed by atoms with van der Waals surface area (Å²) in [6.45, 7) is 5.84. The number of imidazole rings is 1. The standard InChI is InChI=1S/C30H33Cl2N3O3/c1-21-18-25(19-22(2)30(21)32)37-17-16-35-27-9-6-5-8-26(27)34-28(35)10-4-3-7-15-33-29(36)20-38-24-13-11-23(31)12-14-24/h5-6,8-9,11-14,18-19H,3-4,7,10,15-17,20H2,1-2H3,(H,33,36). The molecule has 0 aliphatic heterocycles. The average Bonchev–Trinajstić information content (AvgIpc) is 3.26. The number of aryl methyl sites for hydroxylation is 3. The van der Waals surface area contributed by atoms with Crippen LogP contribution in [0.2, 0.25) is 10.0 Å². The summed E-state index contributed by atoms with van der Waals surface area (Å²) in [5, 5.41) is 4.33. The number of carbonyl (C=O) groups excluding carboxylic acids is 1. The fourth-order valence-corrected chi connectivity index (χ4v) is 4.59. The molecule has 0 atom stereocenters. The van der Waals surface area contributed by atoms with Crippen molar-refractivity contribution < 1.29 is 14.3 Å². The van der Waals surface area contributed by atoms with Crippen molar-refractivity contribution >= 4 is 40.1 Å². The molecule has 0 fully saturated rings. The molecule has 1 aromatic heterocycles. The van der Waals surface area contributed by atoms with Gasteiger partial charge in [-0.15, -0.1) is 0 Å². The Labute approximate surface area is 233 Å². The number of para-hydroxylation sites is 2. The Hall–Kier alpha value is -3.22. The first-order valence-corrected chi connectivity index (χ1v) is 13.6. The maximum absolute atomic E-state index is 12.0. The summed E-state index contributed by atoms with van der Waals surface area (Å²) in [4.78, 5) is 16.9. The van der Waals surface area contributed by atoms with Gasteiger partial charge in [0.15, 0.2) is 6.61 Å². The summed E-state index contributed by atoms with van der Waals surface area (Å²) in [5.74, 6) is 2.37. The van der Waals surface area contributed by atoms with Crippen molar-refractivity contribution in [3.8, 4) is 11.5 Å². The Morgan fingerprint density at radius 2 is 1.66 bits per heavy atom. The van der Waals surface area contributed by atoms with E-state index in [1.54, 1.807) is 24.3 Å². The average molecular weight is 555 g/mol. The van der Waals surface area contributed by atoms with E-state index in [1.807, 2.05) is 44.2 Å². The molecule has 0 aliphatic rings. The van der Waals surface area contributed by atoms with Crippen LogP contribution in [-0.4, -0.2) is 35.2 Å². The number of unbranched alkanes of at least 4 members (excludes halogenated alkanes) is 2. The first kappa shape index (κ1) is 27.8. The van der Waals surface area contributed by atoms with Gasteiger partial charge in [0.05, 0.1) is 17.6 Å². The van der Waals surface area contributed by atoms with Crippen molar-refractivity contribution in [2.45, 2.75) is 46.1 Å². The van der Waals surface area contributed by atoms with Gasteiger partial charge >= 0.3 is 0 Å². The lowest BCUT2D eigenvalue weighted by Gasteiger charge is -2.13. The smallest absolute Gasteiger partial charge is 0.257 e. The molecule has 4 rings (SSSR count). The van der Waals surface area contributed by atoms with Crippen molar-refractivity contribution in [3.63, 3.8) is 0 Å². The topological polar surface area (TPSA) is 65.4 Å². The molecule has 6 nitrogen and oxygen atoms in total. The van der Waals surface area contributed by atoms with Gasteiger partial charge in [0.1, 0.15) is 23.9 Å². The number of amides is 1. The predicted octanol–water partition coefficient (Wildman–Crippen LogP) is 6.95. The van der Waals surface area contributed by atoms with Crippen LogP contribution in [0.25, 0.3) is 11.0 Å². The third-order valence-corrected chi connectivity index (χ3v) is 7.16. The van der Waals surface area contributed by atoms with E-state index in [4.69, 9.17) is 37.7 Å². The van der Waals surface area contributed by atoms with E-state index in [1.165, 1.54) is 0 Å². The first-order valence-electron chi connectivity index (χ1n) is 12.9. The van der Waals surface area contributed by atoms with Crippen LogP contribution in [0.4, 0.5) is 0 Å². The highest BCUT2D eigenvalue weighted by atomic mass is 35.5. The number of nitrogens with one attached hydrogen (secondary N) is 1. The number of nitrogens with zero attached hydrogens (tertiary/aromatic N) is 2. The maximum Gasteiger partial charge on any atom is 0.257 e. The number of halogens is 2. The zero-order valence-electron chi connectivity index (χ0n) is 21.8. The molecule has 200 valence electrons. The van der Waals surface area contributed by atoms with Crippen LogP contribution in [-0.2, 0) is 17.8 Å². The van der Waals surface area contributed by atoms with Gasteiger partial charge < -0.3 is 19.4 Å². The van der Waals surface area contributed by atoms with Crippen LogP contribution in [0.5, 0.6) is 11.5 Å². The van der Waals surface area contributed by atoms with Crippen LogP contribution in [0, 0.1) is 13.8 Å². The Morgan fingerprint density at radius 1 is 0.921 bits per heavy atom. The second-order valence-corrected chi connectivity index (χ2v) is 10.1. The number of benzene rings is 3. The molecule has 8 heteroatoms. The number of fused-ring (bicyclic) bond motifs is 1. The number of rotatable bonds is 13. The lowest BCUT2D eigenvalue weighted by Crippen LogP contribution is -2.29. The second-order valence-electron chi connectivity index (χ2n) is 9.29. The van der Waals surface area contributed by atoms with Gasteiger partial charge in [-0.25, -0.2) is 4.98 Å². The van der Waals surface area contributed by atoms with Gasteiger partial charge in [0, 0.05) is 23.0 Å². The van der Waals surface area contributed by atoms with Crippen molar-refractivity contribution in [2.24, 2.45) is 0 Å². The van der Waals surface area contributed by atoms with Gasteiger partial charge in [-0.3, -0.25) is 4.79 Å². The Morgan fingerprint density at radius 3 is 2.42 bits per heavy atom. The molecule has 0 unspecified atom stereocenters. The fraction of sp³-hybridized carbons (Fsp3) is 0.333. The highest BCUT2D eigenvalue weighted by Gasteiger charge is 2.11. The molecule has 0 aliphatic carbocycles. The summed E-state index contributed by atoms with van der Waals surface area (Å²) >= 11 is 12.2. The molecule has 0 saturated heterocycles. The minimum absolute atomic E-state index is 0.0110. The lowest BCUT2D eigenvalue weighted by atomic mass is 10.1. The van der Waals surface area contributed by atoms with E-state index >= 15 is 0 Å². The summed E-state index contributed by atoms with van der Waals surface area (Å²) in [7, 11) is 0. The fourth-order valence-electron chi connectivity index (χ4n) is 4.35. The number of aromatic nitrogens is 2. The van der Waals surface area contributed by atoms with Gasteiger partial charge in [-0.05, 0) is 86.3 Å². The van der Waals surface area contributed by atoms with E-state index in [9.17, 15) is 4.79 Å². The van der Waals surface area contributed by atoms with Crippen molar-refractivity contribution in [1.82, 2.24) is 14.9 Å². The number of carbonyl (C=O) groups is 1. The predicted molar refractivity (Wildman–Crippen MR) is 154 cm³/mol. The van der Waals surface area contributed by atoms with E-state index in [-0.39, 0.29) is 12.5 Å². The van der Waals surface area contributed by atoms with Crippen LogP contribution in [0.15, 0.2) is 60.7 Å². The van der Waals surface area contributed by atoms with Gasteiger partial charge in [-0.1, -0.05) is 41.8 Å². The summed E-state index contributed by atoms with van der Waals surface area (Å²) in [5.41, 5.74) is 4.14. The van der Waals surface area contributed by atoms with Crippen molar-refractivity contribution in [1.29, 1.82) is 0 Å². The molecule has 1 amide bonds. The summed E-state index contributed by atoms with van der Waals surface area (Å²) in [6, 6.07) is 19.1. The van der Waals surface area contributed by atoms with Crippen LogP contribution >= 0.6 is 23.2 Å². The molecule has 4 aromatic rings. The van der Waals surface area contributed by atoms with Crippen LogP contribution in [0.1, 0.15) is 36.2 Å². The van der Waals surface area contributed by atoms with E-state index in [2.05, 4.69) is 16.0 Å². The first-order chi connectivity index (χ1) is 18.4. The van der Waals surface area contributed by atoms with Crippen LogP contribution < -0.4 is 14.8 Å². The van der Waals surface area contributed by atoms with Gasteiger partial charge in [0.25, 0.3) is 5.91 Å². The monoisotopic (exact) mass is 553 g/mol. The molecular formula is C30H33Cl2N3O3. The van der Waals surface area contributed by atoms with E-state index < -0.39 is 0 Å². The maximum atomic E-state index is 12.0. The molecule has 38 heavy (non-hydrogen) atoms. The highest BCUT2D eigenvalue weighted by Crippen LogP contribution is 2.26. The highest BCUT2D eigenvalue weighted by molar-refractivity contribution is 6.32. The third-order valence-electron chi connectivity index (χ3n) is 6.31. The molecule has 3 aromatic carbocycles. The number of ether oxygens (including phenoxy) is 2. The third kappa shape index (κ3) is 7.65. The molecule has 1 N–H and O–H groups in total. The number of hydrogen-bond acceptors (Lipinski definition) is 4. The van der Waals surface area contributed by atoms with Crippen molar-refractivity contribution in [2.75, 3.05) is 19.8 Å². The number of hydrogen-bond donors (Lipinski definition) is 1. The summed E-state index contributed by atoms with van der Waals surface area (Å²) in [6.07, 6.45) is 3.73. The van der Waals surface area contributed by atoms with E-state index in [0.29, 0.717) is 30.5 Å². The zero-order chi connectivity index (χ0) is 26.9. The van der Waals surface area contributed by atoms with E-state index in [0.717, 1.165) is 64.4 Å². The Balaban J connectivity index is 1.22. The molecule has 0 saturated carbocycles. The van der Waals surface area contributed by atoms with Gasteiger partial charge in [-0.2, -0.15) is 0 Å². The largest absolute Gasteiger partial charge is 0.492 e. The minimum atomic E-state index is -0.132. The second kappa shape index (κ2) is 13.5. The summed E-state index contributed by atoms with van der Waals surface area (Å²) < 4.78 is 13.8. The molecule has 0 radical (unpaired) electrons. The Kier molecular flexibility index (Phi) is 9.91. The molecule has 0 spiro atoms. The minimum Gasteiger partial charge on any atom is -0.492 e. The quantitative estimate of drug-likeness (QED) is 0.182. The van der Waals surface area contributed by atoms with Gasteiger partial charge in [0.2, 0.25) is 0 Å². The zero-order valence-corrected chi connectivity index (χ0v) is 23.3. The lowest BCUT2D eigenvalue weighted by molar-refractivity contribution is -0.123. The molecule has 0 bridgehead atoms. The van der Waals surface area contributed by atoms with Crippen LogP contribution in [0.3, 0.4) is 0 Å². The Bertz CT molecular complexity index is 1350. The normalized spacial score (nSPS) is 11.1. The SMILES string of the molecule is Cc1cc(OCCn2c(CCCCCNC(=O)COc3ccc(Cl)cc3)nc3ccccc32)cc(C)c1Cl. The molecule has 1 heterocycles. The molecular weight excluding hydrogens is 521 g/mol.